The Morgan fingerprint density at radius 2 is 1.19 bits per heavy atom. The first-order valence-electron chi connectivity index (χ1n) is 10.3. The fraction of sp³-hybridized carbons (Fsp3) is 0.682. The van der Waals surface area contributed by atoms with Crippen molar-refractivity contribution in [2.24, 2.45) is 0 Å². The molecule has 0 atom stereocenters. The van der Waals surface area contributed by atoms with Crippen LogP contribution in [0, 0.1) is 0 Å². The standard InChI is InChI=1S/C22H36O4/c1-2-3-4-5-6-7-8-9-10-11-12-13-14-18-26-22(25)21-19(23)16-15-17-20(21)24/h15-17,23-24H,2-14,18H2,1H3. The second-order valence-electron chi connectivity index (χ2n) is 7.05. The third-order valence-electron chi connectivity index (χ3n) is 4.71. The highest BCUT2D eigenvalue weighted by Crippen LogP contribution is 2.26. The van der Waals surface area contributed by atoms with Gasteiger partial charge in [0.1, 0.15) is 17.1 Å². The number of unbranched alkanes of at least 4 members (excludes halogenated alkanes) is 12. The molecule has 0 aliphatic heterocycles. The van der Waals surface area contributed by atoms with Crippen molar-refractivity contribution in [3.8, 4) is 11.5 Å². The number of carbonyl (C=O) groups is 1. The summed E-state index contributed by atoms with van der Waals surface area (Å²) in [7, 11) is 0. The van der Waals surface area contributed by atoms with Gasteiger partial charge in [-0.05, 0) is 18.6 Å². The zero-order valence-corrected chi connectivity index (χ0v) is 16.3. The maximum absolute atomic E-state index is 11.9. The summed E-state index contributed by atoms with van der Waals surface area (Å²) in [6.45, 7) is 2.58. The molecule has 0 amide bonds. The van der Waals surface area contributed by atoms with Gasteiger partial charge in [-0.3, -0.25) is 0 Å². The van der Waals surface area contributed by atoms with Crippen LogP contribution < -0.4 is 0 Å². The Kier molecular flexibility index (Phi) is 12.4. The van der Waals surface area contributed by atoms with E-state index in [9.17, 15) is 15.0 Å². The summed E-state index contributed by atoms with van der Waals surface area (Å²) in [4.78, 5) is 11.9. The van der Waals surface area contributed by atoms with E-state index in [0.717, 1.165) is 19.3 Å². The number of ether oxygens (including phenoxy) is 1. The van der Waals surface area contributed by atoms with Crippen LogP contribution in [0.1, 0.15) is 101 Å². The summed E-state index contributed by atoms with van der Waals surface area (Å²) in [5.41, 5.74) is -0.151. The smallest absolute Gasteiger partial charge is 0.345 e. The van der Waals surface area contributed by atoms with Crippen LogP contribution in [0.25, 0.3) is 0 Å². The van der Waals surface area contributed by atoms with Crippen molar-refractivity contribution in [3.05, 3.63) is 23.8 Å². The molecule has 1 rings (SSSR count). The predicted octanol–water partition coefficient (Wildman–Crippen LogP) is 6.35. The second-order valence-corrected chi connectivity index (χ2v) is 7.05. The molecule has 1 aromatic rings. The number of carbonyl (C=O) groups excluding carboxylic acids is 1. The topological polar surface area (TPSA) is 66.8 Å². The molecule has 0 unspecified atom stereocenters. The van der Waals surface area contributed by atoms with E-state index in [-0.39, 0.29) is 17.1 Å². The van der Waals surface area contributed by atoms with E-state index in [1.165, 1.54) is 82.4 Å². The van der Waals surface area contributed by atoms with Crippen molar-refractivity contribution in [3.63, 3.8) is 0 Å². The average molecular weight is 365 g/mol. The minimum atomic E-state index is -0.667. The number of phenolic OH excluding ortho intramolecular Hbond substituents is 2. The van der Waals surface area contributed by atoms with E-state index in [2.05, 4.69) is 6.92 Å². The molecule has 0 aliphatic rings. The summed E-state index contributed by atoms with van der Waals surface area (Å²) in [5, 5.41) is 19.2. The highest BCUT2D eigenvalue weighted by atomic mass is 16.5. The van der Waals surface area contributed by atoms with E-state index in [1.807, 2.05) is 0 Å². The van der Waals surface area contributed by atoms with Crippen LogP contribution in [0.3, 0.4) is 0 Å². The number of hydrogen-bond donors (Lipinski definition) is 2. The SMILES string of the molecule is CCCCCCCCCCCCCCCOC(=O)c1c(O)cccc1O. The average Bonchev–Trinajstić information content (AvgIpc) is 2.62. The maximum Gasteiger partial charge on any atom is 0.345 e. The molecule has 2 N–H and O–H groups in total. The number of esters is 1. The van der Waals surface area contributed by atoms with Crippen molar-refractivity contribution in [2.45, 2.75) is 90.4 Å². The normalized spacial score (nSPS) is 10.8. The lowest BCUT2D eigenvalue weighted by molar-refractivity contribution is 0.0491. The van der Waals surface area contributed by atoms with Gasteiger partial charge in [0, 0.05) is 0 Å². The summed E-state index contributed by atoms with van der Waals surface area (Å²) in [5.74, 6) is -1.17. The Balaban J connectivity index is 1.93. The molecule has 0 saturated carbocycles. The van der Waals surface area contributed by atoms with Crippen LogP contribution in [0.5, 0.6) is 11.5 Å². The van der Waals surface area contributed by atoms with Crippen LogP contribution >= 0.6 is 0 Å². The first-order chi connectivity index (χ1) is 12.7. The quantitative estimate of drug-likeness (QED) is 0.281. The van der Waals surface area contributed by atoms with E-state index < -0.39 is 5.97 Å². The van der Waals surface area contributed by atoms with Gasteiger partial charge in [-0.25, -0.2) is 4.79 Å². The van der Waals surface area contributed by atoms with E-state index in [1.54, 1.807) is 0 Å². The van der Waals surface area contributed by atoms with Crippen molar-refractivity contribution >= 4 is 5.97 Å². The summed E-state index contributed by atoms with van der Waals surface area (Å²) in [6, 6.07) is 4.21. The van der Waals surface area contributed by atoms with Crippen LogP contribution in [0.4, 0.5) is 0 Å². The molecule has 4 nitrogen and oxygen atoms in total. The number of rotatable bonds is 15. The summed E-state index contributed by atoms with van der Waals surface area (Å²) >= 11 is 0. The van der Waals surface area contributed by atoms with Gasteiger partial charge in [0.25, 0.3) is 0 Å². The Hall–Kier alpha value is -1.71. The van der Waals surface area contributed by atoms with Gasteiger partial charge >= 0.3 is 5.97 Å². The van der Waals surface area contributed by atoms with Crippen molar-refractivity contribution in [2.75, 3.05) is 6.61 Å². The third-order valence-corrected chi connectivity index (χ3v) is 4.71. The lowest BCUT2D eigenvalue weighted by Crippen LogP contribution is -2.07. The molecule has 0 saturated heterocycles. The number of aromatic hydroxyl groups is 2. The molecular weight excluding hydrogens is 328 g/mol. The van der Waals surface area contributed by atoms with E-state index in [0.29, 0.717) is 6.61 Å². The van der Waals surface area contributed by atoms with Crippen molar-refractivity contribution < 1.29 is 19.7 Å². The van der Waals surface area contributed by atoms with Gasteiger partial charge < -0.3 is 14.9 Å². The lowest BCUT2D eigenvalue weighted by Gasteiger charge is -2.08. The minimum Gasteiger partial charge on any atom is -0.507 e. The third kappa shape index (κ3) is 9.69. The van der Waals surface area contributed by atoms with Crippen LogP contribution in [0.15, 0.2) is 18.2 Å². The Labute approximate surface area is 158 Å². The summed E-state index contributed by atoms with van der Waals surface area (Å²) in [6.07, 6.45) is 16.5. The van der Waals surface area contributed by atoms with Crippen LogP contribution in [-0.2, 0) is 4.74 Å². The Morgan fingerprint density at radius 1 is 0.769 bits per heavy atom. The molecule has 0 aliphatic carbocycles. The predicted molar refractivity (Wildman–Crippen MR) is 106 cm³/mol. The van der Waals surface area contributed by atoms with Gasteiger partial charge in [0.15, 0.2) is 0 Å². The van der Waals surface area contributed by atoms with Crippen molar-refractivity contribution in [1.82, 2.24) is 0 Å². The molecule has 0 aromatic heterocycles. The number of hydrogen-bond acceptors (Lipinski definition) is 4. The minimum absolute atomic E-state index is 0.151. The Bertz CT molecular complexity index is 479. The molecule has 1 aromatic carbocycles. The van der Waals surface area contributed by atoms with Crippen LogP contribution in [-0.4, -0.2) is 22.8 Å². The zero-order valence-electron chi connectivity index (χ0n) is 16.3. The summed E-state index contributed by atoms with van der Waals surface area (Å²) < 4.78 is 5.13. The molecule has 0 heterocycles. The van der Waals surface area contributed by atoms with Gasteiger partial charge in [-0.2, -0.15) is 0 Å². The maximum atomic E-state index is 11.9. The molecule has 0 radical (unpaired) electrons. The lowest BCUT2D eigenvalue weighted by atomic mass is 10.0. The van der Waals surface area contributed by atoms with E-state index >= 15 is 0 Å². The van der Waals surface area contributed by atoms with E-state index in [4.69, 9.17) is 4.74 Å². The van der Waals surface area contributed by atoms with Crippen molar-refractivity contribution in [1.29, 1.82) is 0 Å². The first kappa shape index (κ1) is 22.3. The van der Waals surface area contributed by atoms with Gasteiger partial charge in [-0.1, -0.05) is 90.0 Å². The number of benzene rings is 1. The fourth-order valence-corrected chi connectivity index (χ4v) is 3.09. The molecular formula is C22H36O4. The molecule has 26 heavy (non-hydrogen) atoms. The molecule has 0 spiro atoms. The largest absolute Gasteiger partial charge is 0.507 e. The molecule has 0 fully saturated rings. The molecule has 4 heteroatoms. The van der Waals surface area contributed by atoms with Gasteiger partial charge in [0.05, 0.1) is 6.61 Å². The fourth-order valence-electron chi connectivity index (χ4n) is 3.09. The van der Waals surface area contributed by atoms with Gasteiger partial charge in [0.2, 0.25) is 0 Å². The highest BCUT2D eigenvalue weighted by molar-refractivity contribution is 5.95. The first-order valence-corrected chi connectivity index (χ1v) is 10.3. The number of phenols is 2. The van der Waals surface area contributed by atoms with Crippen LogP contribution in [0.2, 0.25) is 0 Å². The monoisotopic (exact) mass is 364 g/mol. The molecule has 148 valence electrons. The molecule has 0 bridgehead atoms. The Morgan fingerprint density at radius 3 is 1.65 bits per heavy atom. The zero-order chi connectivity index (χ0) is 19.0. The van der Waals surface area contributed by atoms with Gasteiger partial charge in [-0.15, -0.1) is 0 Å². The highest BCUT2D eigenvalue weighted by Gasteiger charge is 2.17. The second kappa shape index (κ2) is 14.5.